The molecular formula is C11H12O9S3. The van der Waals surface area contributed by atoms with Crippen LogP contribution in [-0.2, 0) is 30.4 Å². The molecule has 0 heterocycles. The molecule has 12 heteroatoms. The van der Waals surface area contributed by atoms with Crippen LogP contribution in [0.3, 0.4) is 0 Å². The Morgan fingerprint density at radius 1 is 0.826 bits per heavy atom. The van der Waals surface area contributed by atoms with Gasteiger partial charge in [-0.3, -0.25) is 13.7 Å². The standard InChI is InChI=1S/C11H12O9S3/c1-6-2-9-7(4-10(6)22(15,16)17)3-8(21(12,13)14)5-11(9)23(18,19)20/h2-5,7,9H,1H3,(H,12,13,14)(H,15,16,17)(H,18,19,20). The van der Waals surface area contributed by atoms with Gasteiger partial charge in [-0.1, -0.05) is 18.2 Å². The van der Waals surface area contributed by atoms with E-state index in [0.717, 1.165) is 12.2 Å². The quantitative estimate of drug-likeness (QED) is 0.588. The van der Waals surface area contributed by atoms with Gasteiger partial charge in [-0.05, 0) is 18.6 Å². The SMILES string of the molecule is CC1=CC2C(S(=O)(=O)O)=CC(S(=O)(=O)O)=CC2C=C1S(=O)(=O)O. The Balaban J connectivity index is 2.73. The summed E-state index contributed by atoms with van der Waals surface area (Å²) in [6, 6.07) is 0. The molecule has 2 aliphatic carbocycles. The largest absolute Gasteiger partial charge is 0.294 e. The van der Waals surface area contributed by atoms with E-state index in [2.05, 4.69) is 0 Å². The molecule has 0 aromatic rings. The zero-order chi connectivity index (χ0) is 17.8. The van der Waals surface area contributed by atoms with Crippen molar-refractivity contribution in [3.63, 3.8) is 0 Å². The molecule has 9 nitrogen and oxygen atoms in total. The molecule has 0 amide bonds. The fourth-order valence-corrected chi connectivity index (χ4v) is 4.80. The molecule has 0 fully saturated rings. The highest BCUT2D eigenvalue weighted by Gasteiger charge is 2.38. The van der Waals surface area contributed by atoms with Crippen molar-refractivity contribution in [3.8, 4) is 0 Å². The molecule has 2 atom stereocenters. The molecule has 0 saturated carbocycles. The lowest BCUT2D eigenvalue weighted by Crippen LogP contribution is -2.26. The molecule has 0 aromatic carbocycles. The van der Waals surface area contributed by atoms with E-state index in [1.54, 1.807) is 0 Å². The van der Waals surface area contributed by atoms with Crippen LogP contribution in [0.4, 0.5) is 0 Å². The van der Waals surface area contributed by atoms with Crippen molar-refractivity contribution in [1.29, 1.82) is 0 Å². The maximum absolute atomic E-state index is 11.5. The highest BCUT2D eigenvalue weighted by molar-refractivity contribution is 7.91. The lowest BCUT2D eigenvalue weighted by molar-refractivity contribution is 0.479. The lowest BCUT2D eigenvalue weighted by atomic mass is 9.83. The number of hydrogen-bond donors (Lipinski definition) is 3. The van der Waals surface area contributed by atoms with Crippen LogP contribution in [0.2, 0.25) is 0 Å². The van der Waals surface area contributed by atoms with Crippen LogP contribution in [0, 0.1) is 11.8 Å². The lowest BCUT2D eigenvalue weighted by Gasteiger charge is -2.29. The van der Waals surface area contributed by atoms with Gasteiger partial charge in [0.1, 0.15) is 0 Å². The summed E-state index contributed by atoms with van der Waals surface area (Å²) in [5.41, 5.74) is 0.0343. The minimum Gasteiger partial charge on any atom is -0.282 e. The number of fused-ring (bicyclic) bond motifs is 1. The Labute approximate surface area is 133 Å². The van der Waals surface area contributed by atoms with Crippen LogP contribution in [0.25, 0.3) is 0 Å². The van der Waals surface area contributed by atoms with E-state index in [4.69, 9.17) is 9.11 Å². The zero-order valence-corrected chi connectivity index (χ0v) is 13.9. The van der Waals surface area contributed by atoms with Crippen molar-refractivity contribution < 1.29 is 38.9 Å². The minimum atomic E-state index is -4.81. The van der Waals surface area contributed by atoms with Gasteiger partial charge in [0.15, 0.2) is 0 Å². The average Bonchev–Trinajstić information content (AvgIpc) is 2.32. The van der Waals surface area contributed by atoms with Crippen molar-refractivity contribution in [2.24, 2.45) is 11.8 Å². The normalized spacial score (nSPS) is 25.7. The van der Waals surface area contributed by atoms with Gasteiger partial charge in [0.25, 0.3) is 30.4 Å². The topological polar surface area (TPSA) is 163 Å². The Morgan fingerprint density at radius 2 is 1.39 bits per heavy atom. The zero-order valence-electron chi connectivity index (χ0n) is 11.5. The van der Waals surface area contributed by atoms with Crippen LogP contribution >= 0.6 is 0 Å². The Bertz CT molecular complexity index is 989. The van der Waals surface area contributed by atoms with Gasteiger partial charge in [-0.2, -0.15) is 25.3 Å². The molecule has 0 spiro atoms. The summed E-state index contributed by atoms with van der Waals surface area (Å²) >= 11 is 0. The van der Waals surface area contributed by atoms with E-state index in [0.29, 0.717) is 6.08 Å². The summed E-state index contributed by atoms with van der Waals surface area (Å²) in [6.07, 6.45) is 3.66. The predicted octanol–water partition coefficient (Wildman–Crippen LogP) is 0.507. The van der Waals surface area contributed by atoms with Crippen LogP contribution < -0.4 is 0 Å². The highest BCUT2D eigenvalue weighted by Crippen LogP contribution is 2.41. The van der Waals surface area contributed by atoms with Gasteiger partial charge >= 0.3 is 0 Å². The number of allylic oxidation sites excluding steroid dienone is 6. The third-order valence-electron chi connectivity index (χ3n) is 3.42. The number of rotatable bonds is 3. The Morgan fingerprint density at radius 3 is 1.83 bits per heavy atom. The predicted molar refractivity (Wildman–Crippen MR) is 79.6 cm³/mol. The molecule has 2 rings (SSSR count). The summed E-state index contributed by atoms with van der Waals surface area (Å²) in [5, 5.41) is 0. The first-order valence-electron chi connectivity index (χ1n) is 5.98. The van der Waals surface area contributed by atoms with Crippen molar-refractivity contribution in [3.05, 3.63) is 44.6 Å². The molecule has 128 valence electrons. The molecule has 0 saturated heterocycles. The second-order valence-corrected chi connectivity index (χ2v) is 9.26. The molecule has 3 N–H and O–H groups in total. The molecule has 0 radical (unpaired) electrons. The summed E-state index contributed by atoms with van der Waals surface area (Å²) in [4.78, 5) is -2.02. The van der Waals surface area contributed by atoms with E-state index in [9.17, 15) is 29.8 Å². The molecule has 23 heavy (non-hydrogen) atoms. The third kappa shape index (κ3) is 3.62. The van der Waals surface area contributed by atoms with Gasteiger partial charge < -0.3 is 0 Å². The third-order valence-corrected chi connectivity index (χ3v) is 6.27. The molecular weight excluding hydrogens is 372 g/mol. The second kappa shape index (κ2) is 5.36. The first-order valence-corrected chi connectivity index (χ1v) is 10.3. The summed E-state index contributed by atoms with van der Waals surface area (Å²) in [7, 11) is -14.2. The second-order valence-electron chi connectivity index (χ2n) is 5.02. The first-order chi connectivity index (χ1) is 10.2. The van der Waals surface area contributed by atoms with Gasteiger partial charge in [0.2, 0.25) is 0 Å². The summed E-state index contributed by atoms with van der Waals surface area (Å²) in [5.74, 6) is -2.18. The fourth-order valence-electron chi connectivity index (χ4n) is 2.47. The summed E-state index contributed by atoms with van der Waals surface area (Å²) in [6.45, 7) is 1.31. The van der Waals surface area contributed by atoms with E-state index in [-0.39, 0.29) is 5.57 Å². The molecule has 0 aliphatic heterocycles. The Hall–Kier alpha value is -1.31. The molecule has 2 aliphatic rings. The van der Waals surface area contributed by atoms with Gasteiger partial charge in [0, 0.05) is 11.8 Å². The van der Waals surface area contributed by atoms with Crippen LogP contribution in [0.5, 0.6) is 0 Å². The van der Waals surface area contributed by atoms with Crippen molar-refractivity contribution in [2.75, 3.05) is 0 Å². The van der Waals surface area contributed by atoms with Crippen LogP contribution in [0.15, 0.2) is 44.6 Å². The maximum atomic E-state index is 11.5. The fraction of sp³-hybridized carbons (Fsp3) is 0.273. The van der Waals surface area contributed by atoms with E-state index >= 15 is 0 Å². The number of hydrogen-bond acceptors (Lipinski definition) is 6. The molecule has 0 bridgehead atoms. The molecule has 0 aromatic heterocycles. The average molecular weight is 384 g/mol. The van der Waals surface area contributed by atoms with Crippen LogP contribution in [0.1, 0.15) is 6.92 Å². The molecule has 2 unspecified atom stereocenters. The van der Waals surface area contributed by atoms with Crippen molar-refractivity contribution in [1.82, 2.24) is 0 Å². The van der Waals surface area contributed by atoms with Crippen molar-refractivity contribution in [2.45, 2.75) is 6.92 Å². The first kappa shape index (κ1) is 18.0. The van der Waals surface area contributed by atoms with Gasteiger partial charge in [0.05, 0.1) is 14.7 Å². The highest BCUT2D eigenvalue weighted by atomic mass is 32.2. The summed E-state index contributed by atoms with van der Waals surface area (Å²) < 4.78 is 95.5. The van der Waals surface area contributed by atoms with Crippen molar-refractivity contribution >= 4 is 30.4 Å². The van der Waals surface area contributed by atoms with E-state index in [1.807, 2.05) is 0 Å². The van der Waals surface area contributed by atoms with Gasteiger partial charge in [-0.25, -0.2) is 0 Å². The smallest absolute Gasteiger partial charge is 0.282 e. The van der Waals surface area contributed by atoms with Gasteiger partial charge in [-0.15, -0.1) is 0 Å². The van der Waals surface area contributed by atoms with E-state index < -0.39 is 56.9 Å². The maximum Gasteiger partial charge on any atom is 0.294 e. The van der Waals surface area contributed by atoms with Crippen LogP contribution in [-0.4, -0.2) is 38.9 Å². The monoisotopic (exact) mass is 384 g/mol. The van der Waals surface area contributed by atoms with E-state index in [1.165, 1.54) is 13.0 Å². The Kier molecular flexibility index (Phi) is 4.20. The minimum absolute atomic E-state index is 0.0343.